The van der Waals surface area contributed by atoms with Crippen LogP contribution in [0.3, 0.4) is 0 Å². The van der Waals surface area contributed by atoms with Gasteiger partial charge < -0.3 is 21.7 Å². The molecule has 0 atom stereocenters. The van der Waals surface area contributed by atoms with Gasteiger partial charge in [-0.15, -0.1) is 0 Å². The topological polar surface area (TPSA) is 179 Å². The molecule has 0 unspecified atom stereocenters. The molecule has 0 aromatic rings. The molecule has 0 aromatic heterocycles. The summed E-state index contributed by atoms with van der Waals surface area (Å²) in [7, 11) is 0. The zero-order chi connectivity index (χ0) is 30.2. The molecule has 0 saturated heterocycles. The van der Waals surface area contributed by atoms with Crippen LogP contribution in [0.4, 0.5) is 0 Å². The van der Waals surface area contributed by atoms with E-state index in [4.69, 9.17) is 0 Å². The van der Waals surface area contributed by atoms with Crippen LogP contribution in [0.5, 0.6) is 0 Å². The summed E-state index contributed by atoms with van der Waals surface area (Å²) in [5.41, 5.74) is 13.2. The first-order chi connectivity index (χ1) is 19.0. The third kappa shape index (κ3) is 13.9. The molecule has 2 N–H and O–H groups in total. The minimum atomic E-state index is -0.556. The summed E-state index contributed by atoms with van der Waals surface area (Å²) in [6.07, 6.45) is 9.67. The van der Waals surface area contributed by atoms with Gasteiger partial charge in [0, 0.05) is 78.7 Å². The van der Waals surface area contributed by atoms with Crippen LogP contribution < -0.4 is 10.9 Å². The minimum Gasteiger partial charge on any atom is -0.481 e. The third-order valence-corrected chi connectivity index (χ3v) is 6.04. The Labute approximate surface area is 275 Å². The van der Waals surface area contributed by atoms with Gasteiger partial charge in [-0.2, -0.15) is 0 Å². The molecule has 0 spiro atoms. The van der Waals surface area contributed by atoms with Crippen LogP contribution in [0, 0.1) is 20.2 Å². The van der Waals surface area contributed by atoms with E-state index in [9.17, 15) is 29.8 Å². The molecule has 18 heteroatoms. The average molecular weight is 720 g/mol. The maximum absolute atomic E-state index is 11.5. The number of ketones is 2. The predicted molar refractivity (Wildman–Crippen MR) is 161 cm³/mol. The Bertz CT molecular complexity index is 1120. The molecule has 0 aliphatic heterocycles. The van der Waals surface area contributed by atoms with E-state index in [1.807, 2.05) is 37.5 Å². The number of nitrogens with one attached hydrogen (secondary N) is 2. The van der Waals surface area contributed by atoms with Gasteiger partial charge in [0.2, 0.25) is 0 Å². The van der Waals surface area contributed by atoms with Crippen molar-refractivity contribution in [1.82, 2.24) is 20.7 Å². The maximum atomic E-state index is 11.5. The van der Waals surface area contributed by atoms with Crippen LogP contribution in [0.2, 0.25) is 0 Å². The number of carbonyl (C=O) groups excluding carboxylic acids is 2. The van der Waals surface area contributed by atoms with Gasteiger partial charge in [-0.05, 0) is 24.6 Å². The molecule has 2 aliphatic carbocycles. The summed E-state index contributed by atoms with van der Waals surface area (Å²) < 4.78 is 0. The first-order valence-electron chi connectivity index (χ1n) is 12.1. The zero-order valence-corrected chi connectivity index (χ0v) is 26.7. The number of nitro groups is 2. The van der Waals surface area contributed by atoms with Crippen molar-refractivity contribution in [3.05, 3.63) is 102 Å². The van der Waals surface area contributed by atoms with Gasteiger partial charge in [0.25, 0.3) is 11.4 Å². The fourth-order valence-corrected chi connectivity index (χ4v) is 3.68. The predicted octanol–water partition coefficient (Wildman–Crippen LogP) is 1.51. The SMILES string of the molecule is CCN(CC)C(=[SH+])[N-]NC=C1C=C([N+](=O)[O-])C=CC1=O.CCN(CC)C(=[SH+])[N-]NC=C1C=C([N+](=O)[O-])C=CC1=O.[Cu+2].[Cu]. The van der Waals surface area contributed by atoms with Crippen LogP contribution in [0.1, 0.15) is 27.7 Å². The fourth-order valence-electron chi connectivity index (χ4n) is 3.00. The number of allylic oxidation sites excluding steroid dienone is 8. The van der Waals surface area contributed by atoms with Gasteiger partial charge in [0.05, 0.1) is 9.85 Å². The summed E-state index contributed by atoms with van der Waals surface area (Å²) in [6.45, 7) is 10.9. The Hall–Kier alpha value is -2.76. The molecule has 14 nitrogen and oxygen atoms in total. The summed E-state index contributed by atoms with van der Waals surface area (Å²) in [5, 5.41) is 22.2. The molecule has 42 heavy (non-hydrogen) atoms. The van der Waals surface area contributed by atoms with Crippen LogP contribution in [0.15, 0.2) is 71.4 Å². The molecule has 2 radical (unpaired) electrons. The molecule has 2 aliphatic rings. The average Bonchev–Trinajstić information content (AvgIpc) is 2.92. The molecule has 0 aromatic carbocycles. The Balaban J connectivity index is 0. The van der Waals surface area contributed by atoms with Gasteiger partial charge >= 0.3 is 17.1 Å². The molecule has 0 saturated carbocycles. The van der Waals surface area contributed by atoms with Crippen molar-refractivity contribution in [2.45, 2.75) is 27.7 Å². The van der Waals surface area contributed by atoms with Crippen LogP contribution >= 0.6 is 0 Å². The number of nitrogens with zero attached hydrogens (tertiary/aromatic N) is 6. The fraction of sp³-hybridized carbons (Fsp3) is 0.333. The van der Waals surface area contributed by atoms with Crippen molar-refractivity contribution in [1.29, 1.82) is 0 Å². The van der Waals surface area contributed by atoms with Crippen molar-refractivity contribution >= 4 is 46.2 Å². The standard InChI is InChI=1S/2C12H16N4O3S.2Cu/c2*1-3-15(4-2)12(20)14-13-8-9-7-10(16(18)19)5-6-11(9)17;;/h2*5-8H,3-4H2,1-2H3,(H2,13,14,17,20);;/q;;;+2. The number of rotatable bonds is 10. The summed E-state index contributed by atoms with van der Waals surface area (Å²) in [5.74, 6) is -0.635. The van der Waals surface area contributed by atoms with Crippen LogP contribution in [0.25, 0.3) is 10.9 Å². The van der Waals surface area contributed by atoms with Crippen molar-refractivity contribution in [2.75, 3.05) is 26.2 Å². The molecule has 236 valence electrons. The monoisotopic (exact) mass is 718 g/mol. The van der Waals surface area contributed by atoms with Crippen molar-refractivity contribution in [3.8, 4) is 0 Å². The van der Waals surface area contributed by atoms with E-state index in [1.165, 1.54) is 36.7 Å². The van der Waals surface area contributed by atoms with Gasteiger partial charge in [-0.25, -0.2) is 9.80 Å². The molecule has 0 bridgehead atoms. The molecule has 2 rings (SSSR count). The number of carbonyl (C=O) groups is 2. The second kappa shape index (κ2) is 21.9. The first kappa shape index (κ1) is 41.4. The van der Waals surface area contributed by atoms with Crippen molar-refractivity contribution < 1.29 is 53.6 Å². The molecular formula is C24H32Cu2N8O6S2+2. The molecule has 0 amide bonds. The number of hydrogen-bond donors (Lipinski definition) is 2. The number of thiol groups is 2. The third-order valence-electron chi connectivity index (χ3n) is 5.27. The van der Waals surface area contributed by atoms with E-state index in [2.05, 4.69) is 46.1 Å². The Morgan fingerprint density at radius 2 is 1.07 bits per heavy atom. The maximum Gasteiger partial charge on any atom is 2.00 e. The van der Waals surface area contributed by atoms with Gasteiger partial charge in [-0.3, -0.25) is 29.8 Å². The Morgan fingerprint density at radius 1 is 0.762 bits per heavy atom. The van der Waals surface area contributed by atoms with E-state index in [0.29, 0.717) is 10.2 Å². The van der Waals surface area contributed by atoms with Crippen LogP contribution in [-0.4, -0.2) is 67.6 Å². The quantitative estimate of drug-likeness (QED) is 0.0640. The van der Waals surface area contributed by atoms with E-state index in [0.717, 1.165) is 38.3 Å². The normalized spacial score (nSPS) is 15.7. The van der Waals surface area contributed by atoms with Crippen molar-refractivity contribution in [3.63, 3.8) is 0 Å². The van der Waals surface area contributed by atoms with E-state index >= 15 is 0 Å². The summed E-state index contributed by atoms with van der Waals surface area (Å²) in [6, 6.07) is 0. The molecule has 0 heterocycles. The summed E-state index contributed by atoms with van der Waals surface area (Å²) >= 11 is 8.44. The Kier molecular flexibility index (Phi) is 21.5. The number of hydrogen-bond acceptors (Lipinski definition) is 8. The smallest absolute Gasteiger partial charge is 0.481 e. The molecular weight excluding hydrogens is 688 g/mol. The van der Waals surface area contributed by atoms with E-state index < -0.39 is 9.85 Å². The first-order valence-corrected chi connectivity index (χ1v) is 13.0. The van der Waals surface area contributed by atoms with Crippen LogP contribution in [-0.2, 0) is 68.2 Å². The largest absolute Gasteiger partial charge is 2.00 e. The van der Waals surface area contributed by atoms with Gasteiger partial charge in [0.1, 0.15) is 0 Å². The molecule has 0 fully saturated rings. The zero-order valence-electron chi connectivity index (χ0n) is 23.1. The van der Waals surface area contributed by atoms with Gasteiger partial charge in [0.15, 0.2) is 46.2 Å². The Morgan fingerprint density at radius 3 is 1.33 bits per heavy atom. The minimum absolute atomic E-state index is 0. The summed E-state index contributed by atoms with van der Waals surface area (Å²) in [4.78, 5) is 47.0. The van der Waals surface area contributed by atoms with E-state index in [-0.39, 0.29) is 68.2 Å². The van der Waals surface area contributed by atoms with E-state index in [1.54, 1.807) is 0 Å². The second-order valence-electron chi connectivity index (χ2n) is 7.67. The van der Waals surface area contributed by atoms with Crippen molar-refractivity contribution in [2.24, 2.45) is 0 Å². The second-order valence-corrected chi connectivity index (χ2v) is 8.47. The van der Waals surface area contributed by atoms with Gasteiger partial charge in [-0.1, -0.05) is 27.7 Å².